The summed E-state index contributed by atoms with van der Waals surface area (Å²) in [7, 11) is 0. The van der Waals surface area contributed by atoms with E-state index in [1.807, 2.05) is 23.6 Å². The average Bonchev–Trinajstić information content (AvgIpc) is 3.23. The van der Waals surface area contributed by atoms with Crippen LogP contribution in [0.4, 0.5) is 5.13 Å². The lowest BCUT2D eigenvalue weighted by Gasteiger charge is -2.01. The molecular weight excluding hydrogens is 350 g/mol. The minimum absolute atomic E-state index is 0.226. The van der Waals surface area contributed by atoms with Crippen LogP contribution in [0.1, 0.15) is 10.5 Å². The Hall–Kier alpha value is -2.64. The smallest absolute Gasteiger partial charge is 0.276 e. The lowest BCUT2D eigenvalue weighted by Crippen LogP contribution is -2.13. The number of hydrogen-bond donors (Lipinski definition) is 1. The first-order chi connectivity index (χ1) is 11.7. The molecule has 0 fully saturated rings. The minimum atomic E-state index is -0.357. The molecule has 3 aromatic rings. The van der Waals surface area contributed by atoms with E-state index in [4.69, 9.17) is 21.1 Å². The zero-order chi connectivity index (χ0) is 16.5. The van der Waals surface area contributed by atoms with Gasteiger partial charge in [0.15, 0.2) is 16.6 Å². The molecule has 0 radical (unpaired) electrons. The van der Waals surface area contributed by atoms with Gasteiger partial charge in [-0.25, -0.2) is 4.98 Å². The molecule has 0 aliphatic carbocycles. The number of pyridine rings is 1. The monoisotopic (exact) mass is 359 g/mol. The van der Waals surface area contributed by atoms with Crippen molar-refractivity contribution in [2.75, 3.05) is 12.1 Å². The summed E-state index contributed by atoms with van der Waals surface area (Å²) in [6.07, 6.45) is 1.48. The quantitative estimate of drug-likeness (QED) is 0.769. The fraction of sp³-hybridized carbons (Fsp3) is 0.0625. The van der Waals surface area contributed by atoms with Gasteiger partial charge in [0, 0.05) is 22.2 Å². The number of carbonyl (C=O) groups is 1. The lowest BCUT2D eigenvalue weighted by atomic mass is 10.1. The number of benzene rings is 1. The molecule has 1 aliphatic rings. The Bertz CT molecular complexity index is 928. The molecule has 0 saturated heterocycles. The number of anilines is 1. The molecule has 1 N–H and O–H groups in total. The summed E-state index contributed by atoms with van der Waals surface area (Å²) < 4.78 is 10.7. The maximum Gasteiger partial charge on any atom is 0.276 e. The Morgan fingerprint density at radius 1 is 1.21 bits per heavy atom. The molecule has 1 aliphatic heterocycles. The molecule has 0 saturated carbocycles. The van der Waals surface area contributed by atoms with Crippen molar-refractivity contribution in [3.63, 3.8) is 0 Å². The van der Waals surface area contributed by atoms with Gasteiger partial charge in [0.05, 0.1) is 5.69 Å². The summed E-state index contributed by atoms with van der Waals surface area (Å²) in [6, 6.07) is 8.71. The van der Waals surface area contributed by atoms with Crippen molar-refractivity contribution in [3.8, 4) is 22.8 Å². The highest BCUT2D eigenvalue weighted by Gasteiger charge is 2.16. The molecule has 4 rings (SSSR count). The first-order valence-corrected chi connectivity index (χ1v) is 8.23. The molecular formula is C16H10ClN3O3S. The Morgan fingerprint density at radius 3 is 2.96 bits per heavy atom. The molecule has 0 atom stereocenters. The summed E-state index contributed by atoms with van der Waals surface area (Å²) in [5.74, 6) is 1.05. The van der Waals surface area contributed by atoms with E-state index in [-0.39, 0.29) is 18.4 Å². The van der Waals surface area contributed by atoms with Crippen LogP contribution in [0.3, 0.4) is 0 Å². The number of fused-ring (bicyclic) bond motifs is 1. The van der Waals surface area contributed by atoms with Gasteiger partial charge in [0.2, 0.25) is 6.79 Å². The molecule has 24 heavy (non-hydrogen) atoms. The molecule has 1 aromatic carbocycles. The lowest BCUT2D eigenvalue weighted by molar-refractivity contribution is 0.102. The second-order valence-corrected chi connectivity index (χ2v) is 6.21. The second kappa shape index (κ2) is 6.10. The summed E-state index contributed by atoms with van der Waals surface area (Å²) in [4.78, 5) is 20.6. The summed E-state index contributed by atoms with van der Waals surface area (Å²) in [5, 5.41) is 5.51. The SMILES string of the molecule is O=C(Nc1nc(-c2ccc3c(c2)OCO3)cs1)c1cc(Cl)ccn1. The number of hydrogen-bond acceptors (Lipinski definition) is 6. The van der Waals surface area contributed by atoms with E-state index >= 15 is 0 Å². The van der Waals surface area contributed by atoms with Crippen LogP contribution in [-0.2, 0) is 0 Å². The summed E-state index contributed by atoms with van der Waals surface area (Å²) >= 11 is 7.20. The number of nitrogens with zero attached hydrogens (tertiary/aromatic N) is 2. The fourth-order valence-corrected chi connectivity index (χ4v) is 3.08. The van der Waals surface area contributed by atoms with E-state index < -0.39 is 0 Å². The van der Waals surface area contributed by atoms with Gasteiger partial charge < -0.3 is 9.47 Å². The van der Waals surface area contributed by atoms with Crippen LogP contribution in [0.15, 0.2) is 41.9 Å². The third kappa shape index (κ3) is 2.91. The predicted molar refractivity (Wildman–Crippen MR) is 90.9 cm³/mol. The normalized spacial score (nSPS) is 12.2. The van der Waals surface area contributed by atoms with Crippen LogP contribution in [0, 0.1) is 0 Å². The number of nitrogens with one attached hydrogen (secondary N) is 1. The highest BCUT2D eigenvalue weighted by Crippen LogP contribution is 2.36. The van der Waals surface area contributed by atoms with Crippen molar-refractivity contribution >= 4 is 34.0 Å². The van der Waals surface area contributed by atoms with Crippen LogP contribution in [-0.4, -0.2) is 22.7 Å². The molecule has 120 valence electrons. The van der Waals surface area contributed by atoms with Gasteiger partial charge in [0.25, 0.3) is 5.91 Å². The maximum absolute atomic E-state index is 12.2. The highest BCUT2D eigenvalue weighted by molar-refractivity contribution is 7.14. The fourth-order valence-electron chi connectivity index (χ4n) is 2.21. The van der Waals surface area contributed by atoms with Crippen LogP contribution in [0.25, 0.3) is 11.3 Å². The van der Waals surface area contributed by atoms with E-state index in [0.717, 1.165) is 17.0 Å². The van der Waals surface area contributed by atoms with Gasteiger partial charge in [-0.1, -0.05) is 11.6 Å². The van der Waals surface area contributed by atoms with Crippen LogP contribution in [0.5, 0.6) is 11.5 Å². The molecule has 0 bridgehead atoms. The molecule has 2 aromatic heterocycles. The second-order valence-electron chi connectivity index (χ2n) is 4.92. The number of carbonyl (C=O) groups excluding carboxylic acids is 1. The molecule has 0 spiro atoms. The number of thiazole rings is 1. The van der Waals surface area contributed by atoms with Crippen molar-refractivity contribution in [1.29, 1.82) is 0 Å². The van der Waals surface area contributed by atoms with Crippen molar-refractivity contribution in [3.05, 3.63) is 52.6 Å². The van der Waals surface area contributed by atoms with Crippen molar-refractivity contribution < 1.29 is 14.3 Å². The largest absolute Gasteiger partial charge is 0.454 e. The topological polar surface area (TPSA) is 73.3 Å². The molecule has 1 amide bonds. The number of halogens is 1. The van der Waals surface area contributed by atoms with Crippen molar-refractivity contribution in [1.82, 2.24) is 9.97 Å². The van der Waals surface area contributed by atoms with Gasteiger partial charge in [-0.15, -0.1) is 11.3 Å². The zero-order valence-electron chi connectivity index (χ0n) is 12.2. The average molecular weight is 360 g/mol. The van der Waals surface area contributed by atoms with Gasteiger partial charge >= 0.3 is 0 Å². The van der Waals surface area contributed by atoms with E-state index in [1.165, 1.54) is 23.6 Å². The van der Waals surface area contributed by atoms with Gasteiger partial charge in [-0.05, 0) is 30.3 Å². The van der Waals surface area contributed by atoms with E-state index in [2.05, 4.69) is 15.3 Å². The van der Waals surface area contributed by atoms with Crippen molar-refractivity contribution in [2.45, 2.75) is 0 Å². The summed E-state index contributed by atoms with van der Waals surface area (Å²) in [5.41, 5.74) is 1.87. The molecule has 3 heterocycles. The predicted octanol–water partition coefficient (Wildman–Crippen LogP) is 3.84. The van der Waals surface area contributed by atoms with E-state index in [0.29, 0.717) is 15.9 Å². The van der Waals surface area contributed by atoms with Crippen LogP contribution < -0.4 is 14.8 Å². The van der Waals surface area contributed by atoms with Crippen LogP contribution >= 0.6 is 22.9 Å². The maximum atomic E-state index is 12.2. The van der Waals surface area contributed by atoms with E-state index in [9.17, 15) is 4.79 Å². The highest BCUT2D eigenvalue weighted by atomic mass is 35.5. The minimum Gasteiger partial charge on any atom is -0.454 e. The zero-order valence-corrected chi connectivity index (χ0v) is 13.7. The number of aromatic nitrogens is 2. The summed E-state index contributed by atoms with van der Waals surface area (Å²) in [6.45, 7) is 0.226. The molecule has 8 heteroatoms. The Balaban J connectivity index is 1.53. The first kappa shape index (κ1) is 14.9. The Morgan fingerprint density at radius 2 is 2.08 bits per heavy atom. The standard InChI is InChI=1S/C16H10ClN3O3S/c17-10-3-4-18-11(6-10)15(21)20-16-19-12(7-24-16)9-1-2-13-14(5-9)23-8-22-13/h1-7H,8H2,(H,19,20,21). The molecule has 6 nitrogen and oxygen atoms in total. The number of ether oxygens (including phenoxy) is 2. The number of rotatable bonds is 3. The first-order valence-electron chi connectivity index (χ1n) is 6.97. The Kier molecular flexibility index (Phi) is 3.79. The van der Waals surface area contributed by atoms with Gasteiger partial charge in [-0.2, -0.15) is 0 Å². The van der Waals surface area contributed by atoms with Crippen molar-refractivity contribution in [2.24, 2.45) is 0 Å². The molecule has 0 unspecified atom stereocenters. The third-order valence-corrected chi connectivity index (χ3v) is 4.34. The van der Waals surface area contributed by atoms with Gasteiger partial charge in [0.1, 0.15) is 5.69 Å². The van der Waals surface area contributed by atoms with Gasteiger partial charge in [-0.3, -0.25) is 15.1 Å². The number of amides is 1. The van der Waals surface area contributed by atoms with Crippen LogP contribution in [0.2, 0.25) is 5.02 Å². The van der Waals surface area contributed by atoms with E-state index in [1.54, 1.807) is 6.07 Å². The third-order valence-electron chi connectivity index (χ3n) is 3.35. The Labute approximate surface area is 146 Å².